The molecule has 0 fully saturated rings. The van der Waals surface area contributed by atoms with Gasteiger partial charge in [0, 0.05) is 17.5 Å². The molecular weight excluding hydrogens is 366 g/mol. The lowest BCUT2D eigenvalue weighted by Gasteiger charge is -2.14. The fourth-order valence-corrected chi connectivity index (χ4v) is 3.30. The van der Waals surface area contributed by atoms with Crippen LogP contribution in [0, 0.1) is 13.8 Å². The highest BCUT2D eigenvalue weighted by Crippen LogP contribution is 2.30. The standard InChI is InChI=1S/C18H21N5O3S/c1-10-8-11(2)23-17(19-10)21-18(22-23)27-12(3)16(24)20-14-9-13(25-4)6-7-15(14)26-5/h6-9,12H,1-5H3,(H,20,24). The number of nitrogens with zero attached hydrogens (tertiary/aromatic N) is 4. The summed E-state index contributed by atoms with van der Waals surface area (Å²) in [6, 6.07) is 7.16. The van der Waals surface area contributed by atoms with E-state index in [1.165, 1.54) is 11.8 Å². The van der Waals surface area contributed by atoms with Gasteiger partial charge in [0.2, 0.25) is 11.1 Å². The molecule has 2 heterocycles. The number of rotatable bonds is 6. The summed E-state index contributed by atoms with van der Waals surface area (Å²) in [6.45, 7) is 5.64. The van der Waals surface area contributed by atoms with Crippen molar-refractivity contribution in [2.75, 3.05) is 19.5 Å². The van der Waals surface area contributed by atoms with Crippen molar-refractivity contribution in [1.29, 1.82) is 0 Å². The smallest absolute Gasteiger partial charge is 0.253 e. The van der Waals surface area contributed by atoms with Crippen molar-refractivity contribution in [3.05, 3.63) is 35.7 Å². The minimum absolute atomic E-state index is 0.189. The number of aryl methyl sites for hydroxylation is 2. The third kappa shape index (κ3) is 4.13. The van der Waals surface area contributed by atoms with Crippen LogP contribution in [0.25, 0.3) is 5.78 Å². The second-order valence-electron chi connectivity index (χ2n) is 5.96. The molecule has 0 spiro atoms. The van der Waals surface area contributed by atoms with Gasteiger partial charge >= 0.3 is 0 Å². The highest BCUT2D eigenvalue weighted by molar-refractivity contribution is 8.00. The van der Waals surface area contributed by atoms with E-state index in [1.54, 1.807) is 43.9 Å². The summed E-state index contributed by atoms with van der Waals surface area (Å²) in [7, 11) is 3.12. The average molecular weight is 387 g/mol. The van der Waals surface area contributed by atoms with Gasteiger partial charge in [0.25, 0.3) is 5.78 Å². The van der Waals surface area contributed by atoms with Gasteiger partial charge in [0.15, 0.2) is 0 Å². The largest absolute Gasteiger partial charge is 0.497 e. The van der Waals surface area contributed by atoms with E-state index >= 15 is 0 Å². The molecule has 0 saturated heterocycles. The van der Waals surface area contributed by atoms with E-state index in [0.717, 1.165) is 11.4 Å². The number of carbonyl (C=O) groups is 1. The SMILES string of the molecule is COc1ccc(OC)c(NC(=O)C(C)Sc2nc3nc(C)cc(C)n3n2)c1. The van der Waals surface area contributed by atoms with Crippen LogP contribution in [-0.2, 0) is 4.79 Å². The second-order valence-corrected chi connectivity index (χ2v) is 7.27. The van der Waals surface area contributed by atoms with Gasteiger partial charge in [0.1, 0.15) is 11.5 Å². The number of methoxy groups -OCH3 is 2. The first-order valence-corrected chi connectivity index (χ1v) is 9.20. The lowest BCUT2D eigenvalue weighted by molar-refractivity contribution is -0.115. The predicted octanol–water partition coefficient (Wildman–Crippen LogP) is 2.88. The van der Waals surface area contributed by atoms with Crippen molar-refractivity contribution in [2.24, 2.45) is 0 Å². The number of nitrogens with one attached hydrogen (secondary N) is 1. The van der Waals surface area contributed by atoms with Crippen molar-refractivity contribution < 1.29 is 14.3 Å². The zero-order valence-corrected chi connectivity index (χ0v) is 16.6. The first-order valence-electron chi connectivity index (χ1n) is 8.32. The molecule has 1 atom stereocenters. The molecular formula is C18H21N5O3S. The summed E-state index contributed by atoms with van der Waals surface area (Å²) >= 11 is 1.27. The number of hydrogen-bond donors (Lipinski definition) is 1. The number of anilines is 1. The van der Waals surface area contributed by atoms with Crippen LogP contribution in [0.3, 0.4) is 0 Å². The van der Waals surface area contributed by atoms with E-state index in [4.69, 9.17) is 9.47 Å². The van der Waals surface area contributed by atoms with Crippen LogP contribution in [0.15, 0.2) is 29.4 Å². The van der Waals surface area contributed by atoms with Gasteiger partial charge < -0.3 is 14.8 Å². The summed E-state index contributed by atoms with van der Waals surface area (Å²) in [6.07, 6.45) is 0. The highest BCUT2D eigenvalue weighted by Gasteiger charge is 2.20. The van der Waals surface area contributed by atoms with E-state index in [0.29, 0.717) is 28.1 Å². The Morgan fingerprint density at radius 3 is 2.67 bits per heavy atom. The molecule has 2 aromatic heterocycles. The van der Waals surface area contributed by atoms with E-state index in [2.05, 4.69) is 20.4 Å². The van der Waals surface area contributed by atoms with Crippen molar-refractivity contribution in [3.8, 4) is 11.5 Å². The molecule has 142 valence electrons. The minimum atomic E-state index is -0.417. The number of thioether (sulfide) groups is 1. The van der Waals surface area contributed by atoms with Gasteiger partial charge in [-0.1, -0.05) is 11.8 Å². The molecule has 0 bridgehead atoms. The first kappa shape index (κ1) is 19.0. The zero-order valence-electron chi connectivity index (χ0n) is 15.8. The van der Waals surface area contributed by atoms with Crippen molar-refractivity contribution >= 4 is 29.1 Å². The fraction of sp³-hybridized carbons (Fsp3) is 0.333. The van der Waals surface area contributed by atoms with Gasteiger partial charge in [-0.15, -0.1) is 5.10 Å². The normalized spacial score (nSPS) is 12.0. The van der Waals surface area contributed by atoms with Crippen LogP contribution in [0.2, 0.25) is 0 Å². The van der Waals surface area contributed by atoms with Crippen LogP contribution in [0.4, 0.5) is 5.69 Å². The van der Waals surface area contributed by atoms with Gasteiger partial charge in [-0.25, -0.2) is 9.50 Å². The van der Waals surface area contributed by atoms with Gasteiger partial charge in [-0.3, -0.25) is 4.79 Å². The number of aromatic nitrogens is 4. The number of carbonyl (C=O) groups excluding carboxylic acids is 1. The van der Waals surface area contributed by atoms with E-state index in [1.807, 2.05) is 19.9 Å². The number of benzene rings is 1. The van der Waals surface area contributed by atoms with Crippen molar-refractivity contribution in [3.63, 3.8) is 0 Å². The Hall–Kier alpha value is -2.81. The van der Waals surface area contributed by atoms with Crippen LogP contribution in [0.5, 0.6) is 11.5 Å². The number of amides is 1. The van der Waals surface area contributed by atoms with Crippen LogP contribution >= 0.6 is 11.8 Å². The number of hydrogen-bond acceptors (Lipinski definition) is 7. The molecule has 8 nitrogen and oxygen atoms in total. The molecule has 1 N–H and O–H groups in total. The Morgan fingerprint density at radius 1 is 1.19 bits per heavy atom. The van der Waals surface area contributed by atoms with Crippen LogP contribution < -0.4 is 14.8 Å². The zero-order chi connectivity index (χ0) is 19.6. The molecule has 1 aromatic carbocycles. The summed E-state index contributed by atoms with van der Waals surface area (Å²) in [5, 5.41) is 7.37. The third-order valence-electron chi connectivity index (χ3n) is 3.91. The summed E-state index contributed by atoms with van der Waals surface area (Å²) < 4.78 is 12.2. The Labute approximate surface area is 161 Å². The van der Waals surface area contributed by atoms with Gasteiger partial charge in [-0.2, -0.15) is 4.98 Å². The van der Waals surface area contributed by atoms with Crippen molar-refractivity contribution in [2.45, 2.75) is 31.2 Å². The Morgan fingerprint density at radius 2 is 1.96 bits per heavy atom. The fourth-order valence-electron chi connectivity index (χ4n) is 2.56. The third-order valence-corrected chi connectivity index (χ3v) is 4.87. The van der Waals surface area contributed by atoms with E-state index < -0.39 is 5.25 Å². The molecule has 1 unspecified atom stereocenters. The minimum Gasteiger partial charge on any atom is -0.497 e. The molecule has 1 amide bonds. The molecule has 0 aliphatic carbocycles. The molecule has 0 aliphatic heterocycles. The van der Waals surface area contributed by atoms with Crippen molar-refractivity contribution in [1.82, 2.24) is 19.6 Å². The maximum absolute atomic E-state index is 12.6. The van der Waals surface area contributed by atoms with Crippen LogP contribution in [0.1, 0.15) is 18.3 Å². The van der Waals surface area contributed by atoms with Crippen LogP contribution in [-0.4, -0.2) is 45.0 Å². The molecule has 3 aromatic rings. The number of fused-ring (bicyclic) bond motifs is 1. The molecule has 9 heteroatoms. The molecule has 0 radical (unpaired) electrons. The Balaban J connectivity index is 1.76. The highest BCUT2D eigenvalue weighted by atomic mass is 32.2. The maximum Gasteiger partial charge on any atom is 0.253 e. The summed E-state index contributed by atoms with van der Waals surface area (Å²) in [5.74, 6) is 1.52. The quantitative estimate of drug-likeness (QED) is 0.650. The Kier molecular flexibility index (Phi) is 5.50. The monoisotopic (exact) mass is 387 g/mol. The molecule has 27 heavy (non-hydrogen) atoms. The molecule has 3 rings (SSSR count). The predicted molar refractivity (Wildman–Crippen MR) is 104 cm³/mol. The topological polar surface area (TPSA) is 90.6 Å². The average Bonchev–Trinajstić information content (AvgIpc) is 3.04. The molecule has 0 saturated carbocycles. The van der Waals surface area contributed by atoms with E-state index in [9.17, 15) is 4.79 Å². The first-order chi connectivity index (χ1) is 12.9. The summed E-state index contributed by atoms with van der Waals surface area (Å²) in [5.41, 5.74) is 2.36. The van der Waals surface area contributed by atoms with E-state index in [-0.39, 0.29) is 5.91 Å². The molecule has 0 aliphatic rings. The Bertz CT molecular complexity index is 989. The van der Waals surface area contributed by atoms with Gasteiger partial charge in [0.05, 0.1) is 25.2 Å². The second kappa shape index (κ2) is 7.83. The lowest BCUT2D eigenvalue weighted by Crippen LogP contribution is -2.22. The number of ether oxygens (including phenoxy) is 2. The lowest BCUT2D eigenvalue weighted by atomic mass is 10.2. The maximum atomic E-state index is 12.6. The van der Waals surface area contributed by atoms with Gasteiger partial charge in [-0.05, 0) is 39.0 Å². The summed E-state index contributed by atoms with van der Waals surface area (Å²) in [4.78, 5) is 21.4.